The number of allylic oxidation sites excluding steroid dienone is 4. The molecule has 0 aromatic rings. The van der Waals surface area contributed by atoms with Crippen molar-refractivity contribution in [1.82, 2.24) is 0 Å². The summed E-state index contributed by atoms with van der Waals surface area (Å²) in [6, 6.07) is 0. The van der Waals surface area contributed by atoms with Gasteiger partial charge in [0.15, 0.2) is 5.78 Å². The molecule has 0 fully saturated rings. The van der Waals surface area contributed by atoms with E-state index >= 15 is 0 Å². The largest absolute Gasteiger partial charge is 0.289 e. The molecule has 0 atom stereocenters. The number of hydrogen-bond acceptors (Lipinski definition) is 3. The summed E-state index contributed by atoms with van der Waals surface area (Å²) >= 11 is 0. The molecule has 0 aromatic heterocycles. The van der Waals surface area contributed by atoms with E-state index < -0.39 is 0 Å². The van der Waals surface area contributed by atoms with Crippen molar-refractivity contribution in [2.24, 2.45) is 10.2 Å². The Kier molecular flexibility index (Phi) is 0.917. The number of azo groups is 1. The molecule has 1 aliphatic heterocycles. The lowest BCUT2D eigenvalue weighted by atomic mass is 10.1. The van der Waals surface area contributed by atoms with Gasteiger partial charge < -0.3 is 0 Å². The van der Waals surface area contributed by atoms with Gasteiger partial charge in [-0.05, 0) is 12.2 Å². The van der Waals surface area contributed by atoms with Crippen molar-refractivity contribution in [2.75, 3.05) is 0 Å². The van der Waals surface area contributed by atoms with E-state index in [1.807, 2.05) is 0 Å². The molecular formula is C7H4N2O. The van der Waals surface area contributed by atoms with Gasteiger partial charge in [-0.1, -0.05) is 6.08 Å². The molecule has 0 radical (unpaired) electrons. The molecule has 2 rings (SSSR count). The Hall–Kier alpha value is -1.51. The molecule has 0 spiro atoms. The molecule has 2 aliphatic rings. The van der Waals surface area contributed by atoms with E-state index in [-0.39, 0.29) is 5.78 Å². The lowest BCUT2D eigenvalue weighted by Gasteiger charge is -1.98. The van der Waals surface area contributed by atoms with E-state index in [4.69, 9.17) is 0 Å². The lowest BCUT2D eigenvalue weighted by Crippen LogP contribution is -2.00. The highest BCUT2D eigenvalue weighted by Gasteiger charge is 2.17. The van der Waals surface area contributed by atoms with Gasteiger partial charge >= 0.3 is 0 Å². The Morgan fingerprint density at radius 3 is 3.10 bits per heavy atom. The fraction of sp³-hybridized carbons (Fsp3) is 0. The summed E-state index contributed by atoms with van der Waals surface area (Å²) in [6.45, 7) is 0. The van der Waals surface area contributed by atoms with Gasteiger partial charge in [0.05, 0.1) is 17.5 Å². The third kappa shape index (κ3) is 0.572. The van der Waals surface area contributed by atoms with Gasteiger partial charge in [-0.2, -0.15) is 10.2 Å². The first-order valence-electron chi connectivity index (χ1n) is 2.92. The molecule has 48 valence electrons. The van der Waals surface area contributed by atoms with Gasteiger partial charge in [-0.3, -0.25) is 4.79 Å². The molecule has 0 N–H and O–H groups in total. The Bertz CT molecular complexity index is 302. The van der Waals surface area contributed by atoms with Crippen LogP contribution < -0.4 is 0 Å². The number of rotatable bonds is 0. The minimum absolute atomic E-state index is 0.0116. The summed E-state index contributed by atoms with van der Waals surface area (Å²) in [5.74, 6) is -0.0116. The smallest absolute Gasteiger partial charge is 0.189 e. The van der Waals surface area contributed by atoms with E-state index in [0.717, 1.165) is 0 Å². The van der Waals surface area contributed by atoms with Crippen LogP contribution in [0.2, 0.25) is 0 Å². The molecule has 10 heavy (non-hydrogen) atoms. The quantitative estimate of drug-likeness (QED) is 0.490. The third-order valence-electron chi connectivity index (χ3n) is 1.40. The van der Waals surface area contributed by atoms with Crippen LogP contribution in [0, 0.1) is 0 Å². The van der Waals surface area contributed by atoms with Crippen LogP contribution in [-0.4, -0.2) is 5.78 Å². The minimum atomic E-state index is -0.0116. The van der Waals surface area contributed by atoms with E-state index in [2.05, 4.69) is 10.2 Å². The maximum atomic E-state index is 11.0. The summed E-state index contributed by atoms with van der Waals surface area (Å²) in [6.07, 6.45) is 6.44. The zero-order valence-corrected chi connectivity index (χ0v) is 5.11. The topological polar surface area (TPSA) is 41.8 Å². The number of hydrogen-bond donors (Lipinski definition) is 0. The number of carbonyl (C=O) groups is 1. The first kappa shape index (κ1) is 5.29. The summed E-state index contributed by atoms with van der Waals surface area (Å²) in [7, 11) is 0. The highest BCUT2D eigenvalue weighted by molar-refractivity contribution is 6.08. The molecule has 1 aliphatic carbocycles. The van der Waals surface area contributed by atoms with Crippen LogP contribution in [-0.2, 0) is 4.79 Å². The minimum Gasteiger partial charge on any atom is -0.289 e. The average Bonchev–Trinajstić information content (AvgIpc) is 2.36. The highest BCUT2D eigenvalue weighted by atomic mass is 16.1. The van der Waals surface area contributed by atoms with E-state index in [1.54, 1.807) is 12.2 Å². The highest BCUT2D eigenvalue weighted by Crippen LogP contribution is 2.22. The maximum Gasteiger partial charge on any atom is 0.189 e. The number of ketones is 1. The second-order valence-corrected chi connectivity index (χ2v) is 2.03. The molecule has 0 bridgehead atoms. The molecule has 3 nitrogen and oxygen atoms in total. The van der Waals surface area contributed by atoms with Crippen LogP contribution in [0.5, 0.6) is 0 Å². The molecule has 1 heterocycles. The van der Waals surface area contributed by atoms with Gasteiger partial charge in [0.2, 0.25) is 0 Å². The summed E-state index contributed by atoms with van der Waals surface area (Å²) in [5.41, 5.74) is 1.27. The van der Waals surface area contributed by atoms with Crippen LogP contribution >= 0.6 is 0 Å². The number of nitrogens with zero attached hydrogens (tertiary/aromatic N) is 2. The second-order valence-electron chi connectivity index (χ2n) is 2.03. The van der Waals surface area contributed by atoms with Crippen molar-refractivity contribution in [1.29, 1.82) is 0 Å². The van der Waals surface area contributed by atoms with Crippen LogP contribution in [0.4, 0.5) is 0 Å². The van der Waals surface area contributed by atoms with E-state index in [0.29, 0.717) is 11.3 Å². The predicted molar refractivity (Wildman–Crippen MR) is 35.2 cm³/mol. The van der Waals surface area contributed by atoms with E-state index in [9.17, 15) is 4.79 Å². The maximum absolute atomic E-state index is 11.0. The Morgan fingerprint density at radius 2 is 2.30 bits per heavy atom. The van der Waals surface area contributed by atoms with E-state index in [1.165, 1.54) is 12.3 Å². The van der Waals surface area contributed by atoms with Crippen LogP contribution in [0.3, 0.4) is 0 Å². The Labute approximate surface area is 57.5 Å². The summed E-state index contributed by atoms with van der Waals surface area (Å²) in [4.78, 5) is 11.0. The first-order valence-corrected chi connectivity index (χ1v) is 2.92. The first-order chi connectivity index (χ1) is 4.88. The van der Waals surface area contributed by atoms with Gasteiger partial charge in [-0.15, -0.1) is 0 Å². The number of carbonyl (C=O) groups excluding carboxylic acids is 1. The van der Waals surface area contributed by atoms with Crippen molar-refractivity contribution in [3.8, 4) is 0 Å². The van der Waals surface area contributed by atoms with Gasteiger partial charge in [-0.25, -0.2) is 0 Å². The van der Waals surface area contributed by atoms with Gasteiger partial charge in [0.25, 0.3) is 0 Å². The molecule has 0 saturated carbocycles. The molecule has 0 unspecified atom stereocenters. The summed E-state index contributed by atoms with van der Waals surface area (Å²) < 4.78 is 0. The van der Waals surface area contributed by atoms with Gasteiger partial charge in [0.1, 0.15) is 0 Å². The Morgan fingerprint density at radius 1 is 1.40 bits per heavy atom. The summed E-state index contributed by atoms with van der Waals surface area (Å²) in [5, 5.41) is 7.34. The normalized spacial score (nSPS) is 20.6. The molecule has 0 saturated heterocycles. The number of fused-ring (bicyclic) bond motifs is 1. The zero-order valence-electron chi connectivity index (χ0n) is 5.11. The monoisotopic (exact) mass is 132 g/mol. The standard InChI is InChI=1S/C7H4N2O/c10-7-3-1-2-6-5(7)4-8-9-6/h1-4H. The molecule has 0 amide bonds. The Balaban J connectivity index is 2.54. The molecular weight excluding hydrogens is 128 g/mol. The van der Waals surface area contributed by atoms with Crippen molar-refractivity contribution in [2.45, 2.75) is 0 Å². The van der Waals surface area contributed by atoms with Crippen molar-refractivity contribution in [3.63, 3.8) is 0 Å². The fourth-order valence-electron chi connectivity index (χ4n) is 0.898. The van der Waals surface area contributed by atoms with Crippen molar-refractivity contribution >= 4 is 5.78 Å². The van der Waals surface area contributed by atoms with Crippen LogP contribution in [0.15, 0.2) is 45.9 Å². The lowest BCUT2D eigenvalue weighted by molar-refractivity contribution is -0.111. The molecule has 3 heteroatoms. The fourth-order valence-corrected chi connectivity index (χ4v) is 0.898. The SMILES string of the molecule is O=C1C=CC=C2N=NC=C12. The molecule has 0 aromatic carbocycles. The van der Waals surface area contributed by atoms with Crippen molar-refractivity contribution in [3.05, 3.63) is 35.7 Å². The second kappa shape index (κ2) is 1.73. The predicted octanol–water partition coefficient (Wildman–Crippen LogP) is 1.36. The van der Waals surface area contributed by atoms with Crippen LogP contribution in [0.25, 0.3) is 0 Å². The third-order valence-corrected chi connectivity index (χ3v) is 1.40. The van der Waals surface area contributed by atoms with Gasteiger partial charge in [0, 0.05) is 0 Å². The zero-order chi connectivity index (χ0) is 6.97. The van der Waals surface area contributed by atoms with Crippen LogP contribution in [0.1, 0.15) is 0 Å². The van der Waals surface area contributed by atoms with Crippen molar-refractivity contribution < 1.29 is 4.79 Å². The average molecular weight is 132 g/mol.